The number of furan rings is 1. The predicted molar refractivity (Wildman–Crippen MR) is 84.0 cm³/mol. The average molecular weight is 298 g/mol. The van der Waals surface area contributed by atoms with E-state index in [9.17, 15) is 15.3 Å². The lowest BCUT2D eigenvalue weighted by Crippen LogP contribution is -1.91. The zero-order valence-corrected chi connectivity index (χ0v) is 12.3. The molecule has 0 spiro atoms. The van der Waals surface area contributed by atoms with Crippen LogP contribution < -0.4 is 0 Å². The minimum atomic E-state index is -0.615. The van der Waals surface area contributed by atoms with Gasteiger partial charge in [0, 0.05) is 5.39 Å². The zero-order valence-electron chi connectivity index (χ0n) is 12.3. The molecule has 1 heterocycles. The largest absolute Gasteiger partial charge is 0.504 e. The third kappa shape index (κ3) is 2.92. The lowest BCUT2D eigenvalue weighted by atomic mass is 10.0. The van der Waals surface area contributed by atoms with Crippen LogP contribution in [0.3, 0.4) is 0 Å². The average Bonchev–Trinajstić information content (AvgIpc) is 2.92. The second-order valence-corrected chi connectivity index (χ2v) is 5.52. The van der Waals surface area contributed by atoms with Gasteiger partial charge >= 0.3 is 0 Å². The van der Waals surface area contributed by atoms with Gasteiger partial charge in [-0.1, -0.05) is 18.2 Å². The van der Waals surface area contributed by atoms with Crippen molar-refractivity contribution in [3.8, 4) is 11.5 Å². The number of hydrogen-bond donors (Lipinski definition) is 3. The molecule has 0 aliphatic carbocycles. The molecule has 0 amide bonds. The number of aliphatic hydroxyl groups is 1. The Kier molecular flexibility index (Phi) is 3.77. The minimum absolute atomic E-state index is 0.0967. The van der Waals surface area contributed by atoms with Crippen LogP contribution in [0.2, 0.25) is 0 Å². The summed E-state index contributed by atoms with van der Waals surface area (Å²) in [6, 6.07) is 12.7. The first-order chi connectivity index (χ1) is 10.5. The second-order valence-electron chi connectivity index (χ2n) is 5.52. The highest BCUT2D eigenvalue weighted by Crippen LogP contribution is 2.27. The summed E-state index contributed by atoms with van der Waals surface area (Å²) in [5.74, 6) is 0.363. The smallest absolute Gasteiger partial charge is 0.157 e. The van der Waals surface area contributed by atoms with Crippen molar-refractivity contribution >= 4 is 11.0 Å². The zero-order chi connectivity index (χ0) is 15.7. The van der Waals surface area contributed by atoms with E-state index in [1.165, 1.54) is 6.07 Å². The van der Waals surface area contributed by atoms with Gasteiger partial charge in [-0.2, -0.15) is 0 Å². The van der Waals surface area contributed by atoms with Crippen LogP contribution in [0.15, 0.2) is 46.9 Å². The molecule has 0 saturated carbocycles. The number of hydrogen-bond acceptors (Lipinski definition) is 4. The van der Waals surface area contributed by atoms with Gasteiger partial charge in [0.2, 0.25) is 0 Å². The van der Waals surface area contributed by atoms with E-state index >= 15 is 0 Å². The van der Waals surface area contributed by atoms with Gasteiger partial charge in [0.15, 0.2) is 11.5 Å². The molecule has 0 fully saturated rings. The molecule has 114 valence electrons. The van der Waals surface area contributed by atoms with Gasteiger partial charge in [-0.25, -0.2) is 0 Å². The first kappa shape index (κ1) is 14.5. The molecule has 3 N–H and O–H groups in total. The second kappa shape index (κ2) is 5.73. The summed E-state index contributed by atoms with van der Waals surface area (Å²) in [5.41, 5.74) is 2.84. The molecule has 4 nitrogen and oxygen atoms in total. The SMILES string of the molecule is CC(O)c1cc2ccc(CCc3ccc(O)c(O)c3)cc2o1. The van der Waals surface area contributed by atoms with Gasteiger partial charge < -0.3 is 19.7 Å². The molecule has 0 aliphatic heterocycles. The van der Waals surface area contributed by atoms with Crippen LogP contribution in [0.25, 0.3) is 11.0 Å². The van der Waals surface area contributed by atoms with E-state index in [2.05, 4.69) is 0 Å². The van der Waals surface area contributed by atoms with E-state index < -0.39 is 6.10 Å². The Morgan fingerprint density at radius 2 is 1.59 bits per heavy atom. The Bertz CT molecular complexity index is 802. The molecule has 1 aromatic heterocycles. The van der Waals surface area contributed by atoms with Crippen molar-refractivity contribution in [1.29, 1.82) is 0 Å². The monoisotopic (exact) mass is 298 g/mol. The topological polar surface area (TPSA) is 73.8 Å². The van der Waals surface area contributed by atoms with Crippen molar-refractivity contribution in [3.05, 3.63) is 59.4 Å². The molecule has 3 rings (SSSR count). The van der Waals surface area contributed by atoms with Crippen LogP contribution in [0, 0.1) is 0 Å². The van der Waals surface area contributed by atoms with Gasteiger partial charge in [0.25, 0.3) is 0 Å². The van der Waals surface area contributed by atoms with Crippen LogP contribution in [0.5, 0.6) is 11.5 Å². The number of rotatable bonds is 4. The van der Waals surface area contributed by atoms with E-state index in [-0.39, 0.29) is 11.5 Å². The minimum Gasteiger partial charge on any atom is -0.504 e. The van der Waals surface area contributed by atoms with Crippen molar-refractivity contribution < 1.29 is 19.7 Å². The van der Waals surface area contributed by atoms with Crippen LogP contribution in [0.1, 0.15) is 29.9 Å². The summed E-state index contributed by atoms with van der Waals surface area (Å²) in [4.78, 5) is 0. The molecule has 2 aromatic carbocycles. The first-order valence-corrected chi connectivity index (χ1v) is 7.24. The molecular weight excluding hydrogens is 280 g/mol. The molecule has 0 aliphatic rings. The highest BCUT2D eigenvalue weighted by molar-refractivity contribution is 5.78. The maximum atomic E-state index is 9.56. The Morgan fingerprint density at radius 1 is 0.909 bits per heavy atom. The summed E-state index contributed by atoms with van der Waals surface area (Å²) in [7, 11) is 0. The quantitative estimate of drug-likeness (QED) is 0.642. The number of phenolic OH excluding ortho intramolecular Hbond substituents is 2. The van der Waals surface area contributed by atoms with Gasteiger partial charge in [-0.15, -0.1) is 0 Å². The van der Waals surface area contributed by atoms with E-state index in [4.69, 9.17) is 4.42 Å². The maximum Gasteiger partial charge on any atom is 0.157 e. The molecule has 3 aromatic rings. The molecular formula is C18H18O4. The van der Waals surface area contributed by atoms with Crippen molar-refractivity contribution in [2.24, 2.45) is 0 Å². The lowest BCUT2D eigenvalue weighted by molar-refractivity contribution is 0.172. The molecule has 0 saturated heterocycles. The number of aromatic hydroxyl groups is 2. The molecule has 22 heavy (non-hydrogen) atoms. The summed E-state index contributed by atoms with van der Waals surface area (Å²) in [5, 5.41) is 29.3. The van der Waals surface area contributed by atoms with Gasteiger partial charge in [-0.05, 0) is 55.2 Å². The van der Waals surface area contributed by atoms with E-state index in [1.807, 2.05) is 24.3 Å². The van der Waals surface area contributed by atoms with Crippen LogP contribution >= 0.6 is 0 Å². The summed E-state index contributed by atoms with van der Waals surface area (Å²) >= 11 is 0. The summed E-state index contributed by atoms with van der Waals surface area (Å²) < 4.78 is 5.63. The summed E-state index contributed by atoms with van der Waals surface area (Å²) in [6.45, 7) is 1.68. The fourth-order valence-electron chi connectivity index (χ4n) is 2.47. The maximum absolute atomic E-state index is 9.56. The Labute approximate surface area is 128 Å². The Hall–Kier alpha value is -2.46. The van der Waals surface area contributed by atoms with Gasteiger partial charge in [0.1, 0.15) is 17.4 Å². The number of aliphatic hydroxyl groups excluding tert-OH is 1. The number of phenols is 2. The van der Waals surface area contributed by atoms with Gasteiger partial charge in [0.05, 0.1) is 0 Å². The van der Waals surface area contributed by atoms with Crippen molar-refractivity contribution in [3.63, 3.8) is 0 Å². The van der Waals surface area contributed by atoms with Crippen molar-refractivity contribution in [2.75, 3.05) is 0 Å². The standard InChI is InChI=1S/C18H18O4/c1-11(19)17-10-14-6-4-13(9-18(14)22-17)3-2-12-5-7-15(20)16(21)8-12/h4-11,19-21H,2-3H2,1H3. The molecule has 4 heteroatoms. The Balaban J connectivity index is 1.77. The van der Waals surface area contributed by atoms with E-state index in [0.29, 0.717) is 5.76 Å². The van der Waals surface area contributed by atoms with Crippen molar-refractivity contribution in [1.82, 2.24) is 0 Å². The lowest BCUT2D eigenvalue weighted by Gasteiger charge is -2.04. The molecule has 0 bridgehead atoms. The third-order valence-electron chi connectivity index (χ3n) is 3.76. The summed E-state index contributed by atoms with van der Waals surface area (Å²) in [6.07, 6.45) is 0.935. The molecule has 1 unspecified atom stereocenters. The molecule has 0 radical (unpaired) electrons. The molecule has 1 atom stereocenters. The fraction of sp³-hybridized carbons (Fsp3) is 0.222. The van der Waals surface area contributed by atoms with E-state index in [1.54, 1.807) is 19.1 Å². The van der Waals surface area contributed by atoms with E-state index in [0.717, 1.165) is 34.9 Å². The number of benzene rings is 2. The van der Waals surface area contributed by atoms with Gasteiger partial charge in [-0.3, -0.25) is 0 Å². The number of fused-ring (bicyclic) bond motifs is 1. The van der Waals surface area contributed by atoms with Crippen molar-refractivity contribution in [2.45, 2.75) is 25.9 Å². The number of aryl methyl sites for hydroxylation is 2. The normalized spacial score (nSPS) is 12.6. The third-order valence-corrected chi connectivity index (χ3v) is 3.76. The highest BCUT2D eigenvalue weighted by Gasteiger charge is 2.09. The predicted octanol–water partition coefficient (Wildman–Crippen LogP) is 3.68. The van der Waals surface area contributed by atoms with Crippen LogP contribution in [0.4, 0.5) is 0 Å². The first-order valence-electron chi connectivity index (χ1n) is 7.24. The highest BCUT2D eigenvalue weighted by atomic mass is 16.4. The fourth-order valence-corrected chi connectivity index (χ4v) is 2.47. The van der Waals surface area contributed by atoms with Crippen LogP contribution in [-0.2, 0) is 12.8 Å². The Morgan fingerprint density at radius 3 is 2.27 bits per heavy atom. The van der Waals surface area contributed by atoms with Crippen LogP contribution in [-0.4, -0.2) is 15.3 Å².